The van der Waals surface area contributed by atoms with Gasteiger partial charge in [-0.15, -0.1) is 0 Å². The molecule has 0 aliphatic carbocycles. The summed E-state index contributed by atoms with van der Waals surface area (Å²) in [5, 5.41) is 7.71. The predicted octanol–water partition coefficient (Wildman–Crippen LogP) is 2.44. The molecule has 3 aromatic rings. The van der Waals surface area contributed by atoms with E-state index in [4.69, 9.17) is 4.42 Å². The molecule has 0 spiro atoms. The van der Waals surface area contributed by atoms with Crippen molar-refractivity contribution in [2.24, 2.45) is 0 Å². The van der Waals surface area contributed by atoms with Crippen molar-refractivity contribution in [1.82, 2.24) is 20.1 Å². The predicted molar refractivity (Wildman–Crippen MR) is 77.9 cm³/mol. The van der Waals surface area contributed by atoms with Gasteiger partial charge in [-0.25, -0.2) is 4.98 Å². The summed E-state index contributed by atoms with van der Waals surface area (Å²) < 4.78 is 5.61. The Balaban J connectivity index is 1.82. The average molecular weight is 284 g/mol. The van der Waals surface area contributed by atoms with E-state index < -0.39 is 0 Å². The first-order valence-corrected chi connectivity index (χ1v) is 6.66. The topological polar surface area (TPSA) is 75.0 Å². The summed E-state index contributed by atoms with van der Waals surface area (Å²) >= 11 is 0. The zero-order chi connectivity index (χ0) is 15.0. The highest BCUT2D eigenvalue weighted by molar-refractivity contribution is 5.96. The highest BCUT2D eigenvalue weighted by Crippen LogP contribution is 2.21. The van der Waals surface area contributed by atoms with Crippen molar-refractivity contribution in [2.75, 3.05) is 7.05 Å². The van der Waals surface area contributed by atoms with E-state index in [0.29, 0.717) is 23.7 Å². The van der Waals surface area contributed by atoms with Gasteiger partial charge >= 0.3 is 0 Å². The van der Waals surface area contributed by atoms with Crippen LogP contribution in [0, 0.1) is 13.8 Å². The molecule has 0 bridgehead atoms. The molecule has 1 aromatic carbocycles. The molecule has 2 aromatic heterocycles. The lowest BCUT2D eigenvalue weighted by molar-refractivity contribution is 0.0752. The van der Waals surface area contributed by atoms with Crippen LogP contribution in [0.1, 0.15) is 27.8 Å². The van der Waals surface area contributed by atoms with Gasteiger partial charge in [-0.2, -0.15) is 5.10 Å². The molecule has 3 rings (SSSR count). The van der Waals surface area contributed by atoms with E-state index in [-0.39, 0.29) is 5.91 Å². The van der Waals surface area contributed by atoms with E-state index in [1.54, 1.807) is 13.1 Å². The van der Waals surface area contributed by atoms with E-state index in [0.717, 1.165) is 16.8 Å². The minimum atomic E-state index is -0.189. The molecular formula is C15H16N4O2. The van der Waals surface area contributed by atoms with Gasteiger partial charge < -0.3 is 9.32 Å². The molecule has 2 heterocycles. The maximum atomic E-state index is 12.4. The van der Waals surface area contributed by atoms with E-state index in [2.05, 4.69) is 15.2 Å². The minimum Gasteiger partial charge on any atom is -0.451 e. The number of furan rings is 1. The summed E-state index contributed by atoms with van der Waals surface area (Å²) in [6.45, 7) is 4.16. The first-order valence-electron chi connectivity index (χ1n) is 6.66. The first-order chi connectivity index (χ1) is 10.0. The van der Waals surface area contributed by atoms with E-state index in [1.807, 2.05) is 32.0 Å². The van der Waals surface area contributed by atoms with Crippen molar-refractivity contribution >= 4 is 16.9 Å². The third kappa shape index (κ3) is 2.65. The number of carbonyl (C=O) groups excluding carboxylic acids is 1. The normalized spacial score (nSPS) is 11.0. The number of aromatic amines is 1. The van der Waals surface area contributed by atoms with Crippen LogP contribution < -0.4 is 0 Å². The molecule has 0 unspecified atom stereocenters. The van der Waals surface area contributed by atoms with Crippen molar-refractivity contribution in [1.29, 1.82) is 0 Å². The summed E-state index contributed by atoms with van der Waals surface area (Å²) in [7, 11) is 1.70. The number of aryl methyl sites for hydroxylation is 2. The largest absolute Gasteiger partial charge is 0.451 e. The molecular weight excluding hydrogens is 268 g/mol. The minimum absolute atomic E-state index is 0.189. The fourth-order valence-electron chi connectivity index (χ4n) is 2.20. The van der Waals surface area contributed by atoms with Gasteiger partial charge in [0.25, 0.3) is 5.91 Å². The SMILES string of the molecule is Cc1ccc2oc(C(=O)N(C)Cc3n[nH]c(C)n3)cc2c1. The zero-order valence-electron chi connectivity index (χ0n) is 12.2. The summed E-state index contributed by atoms with van der Waals surface area (Å²) in [5.74, 6) is 1.44. The van der Waals surface area contributed by atoms with E-state index in [1.165, 1.54) is 4.90 Å². The summed E-state index contributed by atoms with van der Waals surface area (Å²) in [4.78, 5) is 18.1. The van der Waals surface area contributed by atoms with Crippen LogP contribution in [-0.2, 0) is 6.54 Å². The lowest BCUT2D eigenvalue weighted by atomic mass is 10.2. The van der Waals surface area contributed by atoms with Crippen LogP contribution >= 0.6 is 0 Å². The lowest BCUT2D eigenvalue weighted by Gasteiger charge is -2.12. The standard InChI is InChI=1S/C15H16N4O2/c1-9-4-5-12-11(6-9)7-13(21-12)15(20)19(3)8-14-16-10(2)17-18-14/h4-7H,8H2,1-3H3,(H,16,17,18). The van der Waals surface area contributed by atoms with Crippen LogP contribution in [0.15, 0.2) is 28.7 Å². The number of amides is 1. The molecule has 0 aliphatic heterocycles. The number of carbonyl (C=O) groups is 1. The van der Waals surface area contributed by atoms with Gasteiger partial charge in [0.05, 0.1) is 6.54 Å². The van der Waals surface area contributed by atoms with Gasteiger partial charge in [0, 0.05) is 12.4 Å². The van der Waals surface area contributed by atoms with Crippen LogP contribution in [0.5, 0.6) is 0 Å². The second-order valence-corrected chi connectivity index (χ2v) is 5.15. The number of benzene rings is 1. The summed E-state index contributed by atoms with van der Waals surface area (Å²) in [6, 6.07) is 7.60. The zero-order valence-corrected chi connectivity index (χ0v) is 12.2. The molecule has 0 radical (unpaired) electrons. The Morgan fingerprint density at radius 1 is 1.33 bits per heavy atom. The molecule has 21 heavy (non-hydrogen) atoms. The molecule has 6 nitrogen and oxygen atoms in total. The van der Waals surface area contributed by atoms with Crippen molar-refractivity contribution in [2.45, 2.75) is 20.4 Å². The number of aromatic nitrogens is 3. The quantitative estimate of drug-likeness (QED) is 0.801. The molecule has 0 fully saturated rings. The van der Waals surface area contributed by atoms with Crippen LogP contribution in [0.4, 0.5) is 0 Å². The van der Waals surface area contributed by atoms with Crippen molar-refractivity contribution in [3.8, 4) is 0 Å². The monoisotopic (exact) mass is 284 g/mol. The molecule has 1 amide bonds. The van der Waals surface area contributed by atoms with E-state index >= 15 is 0 Å². The van der Waals surface area contributed by atoms with Crippen molar-refractivity contribution < 1.29 is 9.21 Å². The van der Waals surface area contributed by atoms with Gasteiger partial charge in [0.15, 0.2) is 11.6 Å². The van der Waals surface area contributed by atoms with Gasteiger partial charge in [-0.3, -0.25) is 9.89 Å². The smallest absolute Gasteiger partial charge is 0.289 e. The Kier molecular flexibility index (Phi) is 3.21. The molecule has 0 atom stereocenters. The van der Waals surface area contributed by atoms with Crippen LogP contribution in [-0.4, -0.2) is 33.0 Å². The summed E-state index contributed by atoms with van der Waals surface area (Å²) in [5.41, 5.74) is 1.85. The Morgan fingerprint density at radius 3 is 2.86 bits per heavy atom. The Hall–Kier alpha value is -2.63. The Morgan fingerprint density at radius 2 is 2.14 bits per heavy atom. The number of hydrogen-bond donors (Lipinski definition) is 1. The van der Waals surface area contributed by atoms with Crippen molar-refractivity contribution in [3.63, 3.8) is 0 Å². The molecule has 108 valence electrons. The van der Waals surface area contributed by atoms with E-state index in [9.17, 15) is 4.79 Å². The third-order valence-corrected chi connectivity index (χ3v) is 3.25. The molecule has 1 N–H and O–H groups in total. The highest BCUT2D eigenvalue weighted by atomic mass is 16.3. The number of rotatable bonds is 3. The number of fused-ring (bicyclic) bond motifs is 1. The first kappa shape index (κ1) is 13.4. The van der Waals surface area contributed by atoms with Crippen molar-refractivity contribution in [3.05, 3.63) is 47.2 Å². The average Bonchev–Trinajstić information content (AvgIpc) is 3.03. The molecule has 0 aliphatic rings. The Bertz CT molecular complexity index is 803. The summed E-state index contributed by atoms with van der Waals surface area (Å²) in [6.07, 6.45) is 0. The number of nitrogens with zero attached hydrogens (tertiary/aromatic N) is 3. The van der Waals surface area contributed by atoms with Gasteiger partial charge in [0.1, 0.15) is 11.4 Å². The maximum Gasteiger partial charge on any atom is 0.289 e. The number of nitrogens with one attached hydrogen (secondary N) is 1. The van der Waals surface area contributed by atoms with Crippen LogP contribution in [0.25, 0.3) is 11.0 Å². The second-order valence-electron chi connectivity index (χ2n) is 5.15. The fourth-order valence-corrected chi connectivity index (χ4v) is 2.20. The van der Waals surface area contributed by atoms with Gasteiger partial charge in [0.2, 0.25) is 0 Å². The molecule has 6 heteroatoms. The molecule has 0 saturated carbocycles. The number of H-pyrrole nitrogens is 1. The fraction of sp³-hybridized carbons (Fsp3) is 0.267. The van der Waals surface area contributed by atoms with Crippen LogP contribution in [0.2, 0.25) is 0 Å². The number of hydrogen-bond acceptors (Lipinski definition) is 4. The highest BCUT2D eigenvalue weighted by Gasteiger charge is 2.18. The second kappa shape index (κ2) is 5.05. The third-order valence-electron chi connectivity index (χ3n) is 3.25. The molecule has 0 saturated heterocycles. The van der Waals surface area contributed by atoms with Gasteiger partial charge in [-0.1, -0.05) is 11.6 Å². The van der Waals surface area contributed by atoms with Gasteiger partial charge in [-0.05, 0) is 32.0 Å². The maximum absolute atomic E-state index is 12.4. The Labute approximate surface area is 121 Å². The lowest BCUT2D eigenvalue weighted by Crippen LogP contribution is -2.26. The van der Waals surface area contributed by atoms with Crippen LogP contribution in [0.3, 0.4) is 0 Å².